The Kier molecular flexibility index (Phi) is 4.55. The number of anilines is 1. The smallest absolute Gasteiger partial charge is 0.251 e. The second-order valence-electron chi connectivity index (χ2n) is 6.55. The van der Waals surface area contributed by atoms with E-state index in [9.17, 15) is 9.59 Å². The van der Waals surface area contributed by atoms with Crippen LogP contribution in [0.1, 0.15) is 45.6 Å². The predicted molar refractivity (Wildman–Crippen MR) is 99.0 cm³/mol. The number of amides is 2. The van der Waals surface area contributed by atoms with Crippen LogP contribution in [0.15, 0.2) is 18.2 Å². The number of nitrogens with two attached hydrogens (primary N) is 1. The average Bonchev–Trinajstić information content (AvgIpc) is 3.12. The minimum atomic E-state index is -0.470. The molecule has 0 unspecified atom stereocenters. The van der Waals surface area contributed by atoms with Crippen molar-refractivity contribution in [2.75, 3.05) is 12.1 Å². The van der Waals surface area contributed by atoms with Gasteiger partial charge in [-0.15, -0.1) is 11.3 Å². The Morgan fingerprint density at radius 1 is 1.12 bits per heavy atom. The molecule has 0 spiro atoms. The summed E-state index contributed by atoms with van der Waals surface area (Å²) in [6.45, 7) is 0.202. The molecule has 3 N–H and O–H groups in total. The molecule has 6 nitrogen and oxygen atoms in total. The summed E-state index contributed by atoms with van der Waals surface area (Å²) < 4.78 is 10.6. The van der Waals surface area contributed by atoms with Gasteiger partial charge in [0.05, 0.1) is 12.0 Å². The third kappa shape index (κ3) is 3.26. The largest absolute Gasteiger partial charge is 0.454 e. The van der Waals surface area contributed by atoms with Crippen LogP contribution in [0.2, 0.25) is 0 Å². The molecular weight excluding hydrogens is 352 g/mol. The quantitative estimate of drug-likeness (QED) is 0.807. The Labute approximate surface area is 155 Å². The first-order chi connectivity index (χ1) is 12.6. The minimum Gasteiger partial charge on any atom is -0.454 e. The fraction of sp³-hybridized carbons (Fsp3) is 0.368. The van der Waals surface area contributed by atoms with E-state index in [1.165, 1.54) is 16.2 Å². The Bertz CT molecular complexity index is 875. The van der Waals surface area contributed by atoms with Gasteiger partial charge in [0, 0.05) is 4.88 Å². The van der Waals surface area contributed by atoms with E-state index in [-0.39, 0.29) is 19.1 Å². The molecule has 0 saturated carbocycles. The standard InChI is InChI=1S/C19H20N2O4S/c20-18(23)17-12-4-2-1-3-5-15(12)26-19(17)21-16(22)9-11-6-7-13-14(8-11)25-10-24-13/h6-8H,1-5,9-10H2,(H2,20,23)(H,21,22). The van der Waals surface area contributed by atoms with Crippen molar-refractivity contribution in [3.8, 4) is 11.5 Å². The van der Waals surface area contributed by atoms with Gasteiger partial charge in [0.1, 0.15) is 5.00 Å². The summed E-state index contributed by atoms with van der Waals surface area (Å²) in [7, 11) is 0. The molecule has 0 radical (unpaired) electrons. The SMILES string of the molecule is NC(=O)c1c(NC(=O)Cc2ccc3c(c2)OCO3)sc2c1CCCCC2. The normalized spacial score (nSPS) is 15.2. The van der Waals surface area contributed by atoms with Crippen molar-refractivity contribution in [2.45, 2.75) is 38.5 Å². The van der Waals surface area contributed by atoms with Gasteiger partial charge in [-0.2, -0.15) is 0 Å². The predicted octanol–water partition coefficient (Wildman–Crippen LogP) is 3.03. The molecule has 1 aliphatic heterocycles. The van der Waals surface area contributed by atoms with Crippen LogP contribution in [-0.2, 0) is 24.1 Å². The van der Waals surface area contributed by atoms with Gasteiger partial charge in [-0.05, 0) is 48.9 Å². The van der Waals surface area contributed by atoms with Crippen LogP contribution in [0.5, 0.6) is 11.5 Å². The van der Waals surface area contributed by atoms with E-state index < -0.39 is 5.91 Å². The van der Waals surface area contributed by atoms with Crippen LogP contribution < -0.4 is 20.5 Å². The molecule has 0 saturated heterocycles. The fourth-order valence-corrected chi connectivity index (χ4v) is 4.81. The molecule has 2 amide bonds. The third-order valence-electron chi connectivity index (χ3n) is 4.72. The van der Waals surface area contributed by atoms with Crippen LogP contribution in [0.25, 0.3) is 0 Å². The lowest BCUT2D eigenvalue weighted by Crippen LogP contribution is -2.19. The summed E-state index contributed by atoms with van der Waals surface area (Å²) in [5, 5.41) is 3.47. The summed E-state index contributed by atoms with van der Waals surface area (Å²) in [5.74, 6) is 0.689. The van der Waals surface area contributed by atoms with Gasteiger partial charge in [-0.3, -0.25) is 9.59 Å². The Balaban J connectivity index is 1.53. The molecule has 7 heteroatoms. The number of hydrogen-bond acceptors (Lipinski definition) is 5. The van der Waals surface area contributed by atoms with Crippen LogP contribution in [0.3, 0.4) is 0 Å². The zero-order valence-corrected chi connectivity index (χ0v) is 15.1. The van der Waals surface area contributed by atoms with Gasteiger partial charge in [0.25, 0.3) is 5.91 Å². The molecule has 2 aromatic rings. The number of rotatable bonds is 4. The monoisotopic (exact) mass is 372 g/mol. The Morgan fingerprint density at radius 2 is 1.92 bits per heavy atom. The lowest BCUT2D eigenvalue weighted by molar-refractivity contribution is -0.115. The summed E-state index contributed by atoms with van der Waals surface area (Å²) in [4.78, 5) is 25.7. The van der Waals surface area contributed by atoms with E-state index in [1.807, 2.05) is 6.07 Å². The average molecular weight is 372 g/mol. The van der Waals surface area contributed by atoms with Crippen molar-refractivity contribution in [3.05, 3.63) is 39.8 Å². The highest BCUT2D eigenvalue weighted by Gasteiger charge is 2.24. The van der Waals surface area contributed by atoms with Crippen molar-refractivity contribution in [1.29, 1.82) is 0 Å². The third-order valence-corrected chi connectivity index (χ3v) is 5.93. The van der Waals surface area contributed by atoms with Gasteiger partial charge in [0.2, 0.25) is 12.7 Å². The molecule has 26 heavy (non-hydrogen) atoms. The van der Waals surface area contributed by atoms with Crippen molar-refractivity contribution in [2.24, 2.45) is 5.73 Å². The maximum atomic E-state index is 12.5. The molecule has 1 aromatic carbocycles. The summed E-state index contributed by atoms with van der Waals surface area (Å²) in [6.07, 6.45) is 5.30. The number of primary amides is 1. The maximum absolute atomic E-state index is 12.5. The van der Waals surface area contributed by atoms with E-state index in [2.05, 4.69) is 5.32 Å². The van der Waals surface area contributed by atoms with Gasteiger partial charge in [-0.25, -0.2) is 0 Å². The highest BCUT2D eigenvalue weighted by molar-refractivity contribution is 7.17. The summed E-state index contributed by atoms with van der Waals surface area (Å²) >= 11 is 1.49. The van der Waals surface area contributed by atoms with Crippen LogP contribution in [-0.4, -0.2) is 18.6 Å². The fourth-order valence-electron chi connectivity index (χ4n) is 3.50. The van der Waals surface area contributed by atoms with Crippen molar-refractivity contribution < 1.29 is 19.1 Å². The van der Waals surface area contributed by atoms with Crippen LogP contribution in [0, 0.1) is 0 Å². The molecular formula is C19H20N2O4S. The highest BCUT2D eigenvalue weighted by atomic mass is 32.1. The van der Waals surface area contributed by atoms with Crippen molar-refractivity contribution >= 4 is 28.2 Å². The molecule has 0 bridgehead atoms. The lowest BCUT2D eigenvalue weighted by atomic mass is 10.1. The number of fused-ring (bicyclic) bond motifs is 2. The molecule has 2 aliphatic rings. The number of aryl methyl sites for hydroxylation is 1. The zero-order chi connectivity index (χ0) is 18.1. The molecule has 1 aromatic heterocycles. The minimum absolute atomic E-state index is 0.178. The number of carbonyl (C=O) groups excluding carboxylic acids is 2. The molecule has 0 fully saturated rings. The van der Waals surface area contributed by atoms with E-state index >= 15 is 0 Å². The van der Waals surface area contributed by atoms with E-state index in [1.54, 1.807) is 12.1 Å². The number of carbonyl (C=O) groups is 2. The number of nitrogens with one attached hydrogen (secondary N) is 1. The first-order valence-corrected chi connectivity index (χ1v) is 9.56. The first kappa shape index (κ1) is 16.9. The van der Waals surface area contributed by atoms with Gasteiger partial charge < -0.3 is 20.5 Å². The highest BCUT2D eigenvalue weighted by Crippen LogP contribution is 2.37. The zero-order valence-electron chi connectivity index (χ0n) is 14.3. The second kappa shape index (κ2) is 6.99. The number of thiophene rings is 1. The number of hydrogen-bond donors (Lipinski definition) is 2. The van der Waals surface area contributed by atoms with E-state index in [0.29, 0.717) is 22.1 Å². The Hall–Kier alpha value is -2.54. The molecule has 136 valence electrons. The summed E-state index contributed by atoms with van der Waals surface area (Å²) in [5.41, 5.74) is 7.95. The number of benzene rings is 1. The Morgan fingerprint density at radius 3 is 2.77 bits per heavy atom. The van der Waals surface area contributed by atoms with Crippen molar-refractivity contribution in [3.63, 3.8) is 0 Å². The topological polar surface area (TPSA) is 90.7 Å². The lowest BCUT2D eigenvalue weighted by Gasteiger charge is -2.07. The molecule has 1 aliphatic carbocycles. The van der Waals surface area contributed by atoms with Crippen molar-refractivity contribution in [1.82, 2.24) is 0 Å². The van der Waals surface area contributed by atoms with E-state index in [0.717, 1.165) is 43.2 Å². The summed E-state index contributed by atoms with van der Waals surface area (Å²) in [6, 6.07) is 5.44. The second-order valence-corrected chi connectivity index (χ2v) is 7.65. The number of ether oxygens (including phenoxy) is 2. The van der Waals surface area contributed by atoms with Gasteiger partial charge in [-0.1, -0.05) is 12.5 Å². The first-order valence-electron chi connectivity index (χ1n) is 8.74. The van der Waals surface area contributed by atoms with Gasteiger partial charge in [0.15, 0.2) is 11.5 Å². The van der Waals surface area contributed by atoms with Gasteiger partial charge >= 0.3 is 0 Å². The molecule has 0 atom stereocenters. The van der Waals surface area contributed by atoms with E-state index in [4.69, 9.17) is 15.2 Å². The van der Waals surface area contributed by atoms with Crippen LogP contribution >= 0.6 is 11.3 Å². The maximum Gasteiger partial charge on any atom is 0.251 e. The molecule has 4 rings (SSSR count). The molecule has 2 heterocycles. The van der Waals surface area contributed by atoms with Crippen LogP contribution in [0.4, 0.5) is 5.00 Å².